The number of carbonyl (C=O) groups excluding carboxylic acids is 1. The Morgan fingerprint density at radius 1 is 1.27 bits per heavy atom. The molecular weight excluding hydrogens is 396 g/mol. The number of nitrogens with zero attached hydrogens (tertiary/aromatic N) is 2. The van der Waals surface area contributed by atoms with Crippen molar-refractivity contribution in [3.63, 3.8) is 0 Å². The standard InChI is InChI=1S/C24H28N2O3S/c1-16-23(17(2)29-25-16)14-30-15-24(28)26-20-9-10-21(26)13-19(12-20)22-8-4-3-6-18(22)7-5-11-27/h3-4,6,8,19-21,27H,9-15H2,1-2H3. The smallest absolute Gasteiger partial charge is 0.233 e. The molecular formula is C24H28N2O3S. The summed E-state index contributed by atoms with van der Waals surface area (Å²) < 4.78 is 5.22. The van der Waals surface area contributed by atoms with Crippen LogP contribution in [0.4, 0.5) is 0 Å². The topological polar surface area (TPSA) is 66.6 Å². The largest absolute Gasteiger partial charge is 0.384 e. The fourth-order valence-electron chi connectivity index (χ4n) is 4.96. The van der Waals surface area contributed by atoms with Crippen LogP contribution < -0.4 is 0 Å². The first kappa shape index (κ1) is 21.0. The van der Waals surface area contributed by atoms with Gasteiger partial charge < -0.3 is 14.5 Å². The minimum absolute atomic E-state index is 0.127. The first-order chi connectivity index (χ1) is 14.6. The molecule has 158 valence electrons. The summed E-state index contributed by atoms with van der Waals surface area (Å²) in [6.07, 6.45) is 4.17. The number of carbonyl (C=O) groups is 1. The summed E-state index contributed by atoms with van der Waals surface area (Å²) in [5.74, 6) is 8.66. The first-order valence-electron chi connectivity index (χ1n) is 10.6. The second-order valence-corrected chi connectivity index (χ2v) is 9.18. The monoisotopic (exact) mass is 424 g/mol. The Morgan fingerprint density at radius 2 is 2.00 bits per heavy atom. The normalized spacial score (nSPS) is 22.6. The van der Waals surface area contributed by atoms with E-state index in [1.54, 1.807) is 11.8 Å². The van der Waals surface area contributed by atoms with Crippen LogP contribution in [0.1, 0.15) is 59.7 Å². The van der Waals surface area contributed by atoms with Crippen LogP contribution in [0.25, 0.3) is 0 Å². The summed E-state index contributed by atoms with van der Waals surface area (Å²) in [6.45, 7) is 3.74. The maximum atomic E-state index is 13.0. The third kappa shape index (κ3) is 4.28. The molecule has 0 radical (unpaired) electrons. The molecule has 3 heterocycles. The molecule has 2 aromatic rings. The molecule has 5 nitrogen and oxygen atoms in total. The van der Waals surface area contributed by atoms with E-state index in [0.717, 1.165) is 54.0 Å². The van der Waals surface area contributed by atoms with Gasteiger partial charge in [0.2, 0.25) is 5.91 Å². The van der Waals surface area contributed by atoms with Crippen LogP contribution in [0.5, 0.6) is 0 Å². The van der Waals surface area contributed by atoms with Gasteiger partial charge in [0, 0.05) is 29.0 Å². The molecule has 2 bridgehead atoms. The van der Waals surface area contributed by atoms with E-state index in [4.69, 9.17) is 9.63 Å². The molecule has 1 amide bonds. The van der Waals surface area contributed by atoms with E-state index in [1.807, 2.05) is 26.0 Å². The van der Waals surface area contributed by atoms with E-state index in [9.17, 15) is 4.79 Å². The van der Waals surface area contributed by atoms with Crippen molar-refractivity contribution in [2.24, 2.45) is 0 Å². The molecule has 0 saturated carbocycles. The molecule has 4 rings (SSSR count). The predicted molar refractivity (Wildman–Crippen MR) is 118 cm³/mol. The molecule has 30 heavy (non-hydrogen) atoms. The SMILES string of the molecule is Cc1noc(C)c1CSCC(=O)N1C2CCC1CC(c1ccccc1C#CCO)C2. The second-order valence-electron chi connectivity index (χ2n) is 8.20. The number of hydrogen-bond acceptors (Lipinski definition) is 5. The van der Waals surface area contributed by atoms with Crippen LogP contribution in [0, 0.1) is 25.7 Å². The number of fused-ring (bicyclic) bond motifs is 2. The lowest BCUT2D eigenvalue weighted by Crippen LogP contribution is -2.46. The van der Waals surface area contributed by atoms with E-state index >= 15 is 0 Å². The van der Waals surface area contributed by atoms with Gasteiger partial charge in [-0.05, 0) is 57.1 Å². The van der Waals surface area contributed by atoms with Crippen LogP contribution >= 0.6 is 11.8 Å². The zero-order valence-corrected chi connectivity index (χ0v) is 18.4. The number of rotatable bonds is 5. The van der Waals surface area contributed by atoms with Crippen molar-refractivity contribution < 1.29 is 14.4 Å². The fraction of sp³-hybridized carbons (Fsp3) is 0.500. The third-order valence-corrected chi connectivity index (χ3v) is 7.32. The van der Waals surface area contributed by atoms with Gasteiger partial charge in [-0.15, -0.1) is 11.8 Å². The number of hydrogen-bond donors (Lipinski definition) is 1. The van der Waals surface area contributed by atoms with Crippen molar-refractivity contribution in [3.05, 3.63) is 52.4 Å². The summed E-state index contributed by atoms with van der Waals surface area (Å²) in [5, 5.41) is 13.0. The molecule has 2 atom stereocenters. The first-order valence-corrected chi connectivity index (χ1v) is 11.7. The molecule has 0 spiro atoms. The van der Waals surface area contributed by atoms with Crippen LogP contribution in [0.15, 0.2) is 28.8 Å². The summed E-state index contributed by atoms with van der Waals surface area (Å²) in [5.41, 5.74) is 4.28. The highest BCUT2D eigenvalue weighted by atomic mass is 32.2. The number of aliphatic hydroxyl groups is 1. The lowest BCUT2D eigenvalue weighted by Gasteiger charge is -2.39. The average molecular weight is 425 g/mol. The zero-order chi connectivity index (χ0) is 21.1. The molecule has 2 saturated heterocycles. The van der Waals surface area contributed by atoms with Gasteiger partial charge in [0.1, 0.15) is 12.4 Å². The minimum Gasteiger partial charge on any atom is -0.384 e. The number of aliphatic hydroxyl groups excluding tert-OH is 1. The van der Waals surface area contributed by atoms with Crippen molar-refractivity contribution in [1.29, 1.82) is 0 Å². The van der Waals surface area contributed by atoms with Gasteiger partial charge in [0.15, 0.2) is 0 Å². The van der Waals surface area contributed by atoms with Crippen molar-refractivity contribution in [2.75, 3.05) is 12.4 Å². The molecule has 1 aromatic carbocycles. The highest BCUT2D eigenvalue weighted by Gasteiger charge is 2.43. The Bertz CT molecular complexity index is 941. The van der Waals surface area contributed by atoms with Gasteiger partial charge in [-0.1, -0.05) is 35.2 Å². The van der Waals surface area contributed by atoms with Crippen LogP contribution in [0.3, 0.4) is 0 Å². The van der Waals surface area contributed by atoms with Crippen molar-refractivity contribution >= 4 is 17.7 Å². The van der Waals surface area contributed by atoms with E-state index in [1.165, 1.54) is 5.56 Å². The van der Waals surface area contributed by atoms with Gasteiger partial charge in [-0.2, -0.15) is 0 Å². The maximum Gasteiger partial charge on any atom is 0.233 e. The molecule has 2 aliphatic rings. The quantitative estimate of drug-likeness (QED) is 0.740. The Balaban J connectivity index is 1.39. The third-order valence-electron chi connectivity index (χ3n) is 6.38. The van der Waals surface area contributed by atoms with Gasteiger partial charge in [-0.3, -0.25) is 4.79 Å². The van der Waals surface area contributed by atoms with Crippen molar-refractivity contribution in [3.8, 4) is 11.8 Å². The molecule has 1 aromatic heterocycles. The van der Waals surface area contributed by atoms with E-state index < -0.39 is 0 Å². The lowest BCUT2D eigenvalue weighted by molar-refractivity contribution is -0.132. The number of piperidine rings is 1. The summed E-state index contributed by atoms with van der Waals surface area (Å²) in [6, 6.07) is 8.88. The van der Waals surface area contributed by atoms with Crippen molar-refractivity contribution in [1.82, 2.24) is 10.1 Å². The number of thioether (sulfide) groups is 1. The predicted octanol–water partition coefficient (Wildman–Crippen LogP) is 3.81. The maximum absolute atomic E-state index is 13.0. The summed E-state index contributed by atoms with van der Waals surface area (Å²) in [7, 11) is 0. The van der Waals surface area contributed by atoms with Crippen molar-refractivity contribution in [2.45, 2.75) is 63.3 Å². The van der Waals surface area contributed by atoms with Crippen LogP contribution in [-0.4, -0.2) is 45.5 Å². The fourth-order valence-corrected chi connectivity index (χ4v) is 6.00. The van der Waals surface area contributed by atoms with Gasteiger partial charge in [0.05, 0.1) is 11.4 Å². The van der Waals surface area contributed by atoms with Gasteiger partial charge in [-0.25, -0.2) is 0 Å². The van der Waals surface area contributed by atoms with E-state index in [0.29, 0.717) is 23.8 Å². The highest BCUT2D eigenvalue weighted by molar-refractivity contribution is 7.99. The van der Waals surface area contributed by atoms with E-state index in [-0.39, 0.29) is 12.5 Å². The Morgan fingerprint density at radius 3 is 2.67 bits per heavy atom. The van der Waals surface area contributed by atoms with E-state index in [2.05, 4.69) is 34.0 Å². The molecule has 2 aliphatic heterocycles. The van der Waals surface area contributed by atoms with Crippen LogP contribution in [0.2, 0.25) is 0 Å². The molecule has 2 fully saturated rings. The summed E-state index contributed by atoms with van der Waals surface area (Å²) >= 11 is 1.65. The highest BCUT2D eigenvalue weighted by Crippen LogP contribution is 2.44. The van der Waals surface area contributed by atoms with Gasteiger partial charge >= 0.3 is 0 Å². The Kier molecular flexibility index (Phi) is 6.50. The summed E-state index contributed by atoms with van der Waals surface area (Å²) in [4.78, 5) is 15.2. The van der Waals surface area contributed by atoms with Crippen LogP contribution in [-0.2, 0) is 10.5 Å². The lowest BCUT2D eigenvalue weighted by atomic mass is 9.83. The Hall–Kier alpha value is -2.23. The molecule has 6 heteroatoms. The average Bonchev–Trinajstić information content (AvgIpc) is 3.21. The zero-order valence-electron chi connectivity index (χ0n) is 17.6. The number of amides is 1. The van der Waals surface area contributed by atoms with Gasteiger partial charge in [0.25, 0.3) is 0 Å². The minimum atomic E-state index is -0.127. The number of aromatic nitrogens is 1. The Labute approximate surface area is 182 Å². The number of aryl methyl sites for hydroxylation is 2. The number of benzene rings is 1. The molecule has 0 aliphatic carbocycles. The molecule has 1 N–H and O–H groups in total. The second kappa shape index (κ2) is 9.28. The molecule has 2 unspecified atom stereocenters.